The number of aryl methyl sites for hydroxylation is 2. The second kappa shape index (κ2) is 9.92. The molecule has 4 aromatic heterocycles. The number of nitrogens with zero attached hydrogens (tertiary/aromatic N) is 7. The molecule has 1 saturated carbocycles. The van der Waals surface area contributed by atoms with Crippen LogP contribution >= 0.6 is 0 Å². The molecular weight excluding hydrogens is 492 g/mol. The smallest absolute Gasteiger partial charge is 0.294 e. The van der Waals surface area contributed by atoms with Crippen molar-refractivity contribution in [3.05, 3.63) is 58.3 Å². The highest BCUT2D eigenvalue weighted by Gasteiger charge is 2.30. The third-order valence-electron chi connectivity index (χ3n) is 6.45. The van der Waals surface area contributed by atoms with Gasteiger partial charge in [0.15, 0.2) is 27.1 Å². The van der Waals surface area contributed by atoms with Gasteiger partial charge in [0.1, 0.15) is 11.8 Å². The summed E-state index contributed by atoms with van der Waals surface area (Å²) in [5.74, 6) is 1.05. The number of fused-ring (bicyclic) bond motifs is 1. The van der Waals surface area contributed by atoms with Gasteiger partial charge in [-0.25, -0.2) is 33.3 Å². The van der Waals surface area contributed by atoms with E-state index in [4.69, 9.17) is 4.98 Å². The molecule has 5 rings (SSSR count). The standard InChI is InChI=1S/C25H28N8O3S/c1-4-18-20(21(15-7-8-15)30-14-29-18)22-28-13-19-24(32-22)33(5-2)25(34)23(31-19)27-11-16-9-10-17(12-26-16)37(35,36)6-3/h9-10,12-15H,4-8,11H2,1-3H3,(H,27,31). The van der Waals surface area contributed by atoms with Crippen LogP contribution in [0.15, 0.2) is 40.5 Å². The van der Waals surface area contributed by atoms with Crippen LogP contribution in [0.5, 0.6) is 0 Å². The molecule has 0 radical (unpaired) electrons. The number of aromatic nitrogens is 7. The summed E-state index contributed by atoms with van der Waals surface area (Å²) in [4.78, 5) is 40.5. The zero-order chi connectivity index (χ0) is 26.2. The Balaban J connectivity index is 1.49. The minimum atomic E-state index is -3.32. The van der Waals surface area contributed by atoms with Gasteiger partial charge in [0.2, 0.25) is 0 Å². The Morgan fingerprint density at radius 2 is 1.84 bits per heavy atom. The summed E-state index contributed by atoms with van der Waals surface area (Å²) in [6.45, 7) is 6.10. The SMILES string of the molecule is CCc1ncnc(C2CC2)c1-c1ncc2nc(NCc3ccc(S(=O)(=O)CC)cn3)c(=O)n(CC)c2n1. The van der Waals surface area contributed by atoms with Crippen molar-refractivity contribution < 1.29 is 8.42 Å². The molecule has 0 unspecified atom stereocenters. The average Bonchev–Trinajstić information content (AvgIpc) is 3.77. The lowest BCUT2D eigenvalue weighted by molar-refractivity contribution is 0.596. The fourth-order valence-corrected chi connectivity index (χ4v) is 5.04. The van der Waals surface area contributed by atoms with Crippen LogP contribution in [0.3, 0.4) is 0 Å². The van der Waals surface area contributed by atoms with Crippen LogP contribution in [0.25, 0.3) is 22.6 Å². The molecule has 0 aromatic carbocycles. The van der Waals surface area contributed by atoms with E-state index in [1.54, 1.807) is 30.1 Å². The first-order valence-electron chi connectivity index (χ1n) is 12.4. The van der Waals surface area contributed by atoms with E-state index >= 15 is 0 Å². The second-order valence-corrected chi connectivity index (χ2v) is 11.1. The van der Waals surface area contributed by atoms with Gasteiger partial charge in [-0.05, 0) is 38.3 Å². The molecule has 0 amide bonds. The molecule has 4 heterocycles. The van der Waals surface area contributed by atoms with Crippen molar-refractivity contribution in [1.82, 2.24) is 34.5 Å². The number of nitrogens with one attached hydrogen (secondary N) is 1. The monoisotopic (exact) mass is 520 g/mol. The topological polar surface area (TPSA) is 146 Å². The van der Waals surface area contributed by atoms with E-state index < -0.39 is 9.84 Å². The molecule has 0 saturated heterocycles. The average molecular weight is 521 g/mol. The van der Waals surface area contributed by atoms with E-state index in [-0.39, 0.29) is 28.6 Å². The Kier molecular flexibility index (Phi) is 6.67. The third-order valence-corrected chi connectivity index (χ3v) is 8.17. The fraction of sp³-hybridized carbons (Fsp3) is 0.400. The van der Waals surface area contributed by atoms with Crippen LogP contribution in [-0.4, -0.2) is 48.6 Å². The first-order valence-corrected chi connectivity index (χ1v) is 14.0. The van der Waals surface area contributed by atoms with Gasteiger partial charge in [-0.15, -0.1) is 0 Å². The molecule has 0 bridgehead atoms. The van der Waals surface area contributed by atoms with Crippen LogP contribution in [0.1, 0.15) is 56.6 Å². The maximum Gasteiger partial charge on any atom is 0.294 e. The molecule has 1 N–H and O–H groups in total. The van der Waals surface area contributed by atoms with Gasteiger partial charge in [0.05, 0.1) is 46.0 Å². The van der Waals surface area contributed by atoms with Gasteiger partial charge >= 0.3 is 0 Å². The van der Waals surface area contributed by atoms with E-state index in [0.29, 0.717) is 35.1 Å². The molecule has 11 nitrogen and oxygen atoms in total. The number of hydrogen-bond acceptors (Lipinski definition) is 10. The van der Waals surface area contributed by atoms with Crippen LogP contribution in [-0.2, 0) is 29.3 Å². The molecule has 1 fully saturated rings. The number of pyridine rings is 1. The van der Waals surface area contributed by atoms with Crippen molar-refractivity contribution in [2.45, 2.75) is 63.9 Å². The molecule has 1 aliphatic rings. The highest BCUT2D eigenvalue weighted by Crippen LogP contribution is 2.43. The molecule has 0 aliphatic heterocycles. The lowest BCUT2D eigenvalue weighted by atomic mass is 10.1. The molecule has 0 spiro atoms. The highest BCUT2D eigenvalue weighted by atomic mass is 32.2. The Labute approximate surface area is 214 Å². The Morgan fingerprint density at radius 3 is 2.49 bits per heavy atom. The van der Waals surface area contributed by atoms with Crippen molar-refractivity contribution in [2.75, 3.05) is 11.1 Å². The predicted octanol–water partition coefficient (Wildman–Crippen LogP) is 2.90. The summed E-state index contributed by atoms with van der Waals surface area (Å²) in [5.41, 5.74) is 3.90. The second-order valence-electron chi connectivity index (χ2n) is 8.86. The lowest BCUT2D eigenvalue weighted by Gasteiger charge is -2.14. The molecule has 1 aliphatic carbocycles. The maximum absolute atomic E-state index is 13.3. The molecule has 192 valence electrons. The summed E-state index contributed by atoms with van der Waals surface area (Å²) in [7, 11) is -3.32. The van der Waals surface area contributed by atoms with Gasteiger partial charge in [-0.2, -0.15) is 0 Å². The first kappa shape index (κ1) is 24.9. The van der Waals surface area contributed by atoms with Gasteiger partial charge in [0, 0.05) is 18.7 Å². The van der Waals surface area contributed by atoms with Gasteiger partial charge in [0.25, 0.3) is 5.56 Å². The fourth-order valence-electron chi connectivity index (χ4n) is 4.22. The van der Waals surface area contributed by atoms with E-state index in [1.807, 2.05) is 13.8 Å². The highest BCUT2D eigenvalue weighted by molar-refractivity contribution is 7.91. The van der Waals surface area contributed by atoms with Crippen molar-refractivity contribution in [3.63, 3.8) is 0 Å². The molecule has 12 heteroatoms. The summed E-state index contributed by atoms with van der Waals surface area (Å²) >= 11 is 0. The summed E-state index contributed by atoms with van der Waals surface area (Å²) in [5, 5.41) is 3.03. The van der Waals surface area contributed by atoms with Crippen molar-refractivity contribution in [2.24, 2.45) is 0 Å². The number of anilines is 1. The molecule has 0 atom stereocenters. The number of hydrogen-bond donors (Lipinski definition) is 1. The third kappa shape index (κ3) is 4.80. The normalized spacial score (nSPS) is 13.7. The van der Waals surface area contributed by atoms with E-state index in [1.165, 1.54) is 12.3 Å². The summed E-state index contributed by atoms with van der Waals surface area (Å²) in [6.07, 6.45) is 7.45. The van der Waals surface area contributed by atoms with E-state index in [2.05, 4.69) is 30.2 Å². The van der Waals surface area contributed by atoms with Crippen LogP contribution in [0.4, 0.5) is 5.82 Å². The van der Waals surface area contributed by atoms with Crippen LogP contribution in [0.2, 0.25) is 0 Å². The van der Waals surface area contributed by atoms with Crippen LogP contribution < -0.4 is 10.9 Å². The zero-order valence-electron chi connectivity index (χ0n) is 21.0. The van der Waals surface area contributed by atoms with Crippen LogP contribution in [0, 0.1) is 0 Å². The van der Waals surface area contributed by atoms with E-state index in [0.717, 1.165) is 36.2 Å². The van der Waals surface area contributed by atoms with Crippen molar-refractivity contribution >= 4 is 26.8 Å². The quantitative estimate of drug-likeness (QED) is 0.349. The Morgan fingerprint density at radius 1 is 1.03 bits per heavy atom. The minimum Gasteiger partial charge on any atom is -0.360 e. The maximum atomic E-state index is 13.3. The molecule has 4 aromatic rings. The largest absolute Gasteiger partial charge is 0.360 e. The van der Waals surface area contributed by atoms with Crippen molar-refractivity contribution in [3.8, 4) is 11.4 Å². The molecule has 37 heavy (non-hydrogen) atoms. The predicted molar refractivity (Wildman–Crippen MR) is 139 cm³/mol. The summed E-state index contributed by atoms with van der Waals surface area (Å²) < 4.78 is 25.6. The number of sulfone groups is 1. The Hall–Kier alpha value is -3.80. The van der Waals surface area contributed by atoms with Crippen molar-refractivity contribution in [1.29, 1.82) is 0 Å². The van der Waals surface area contributed by atoms with E-state index in [9.17, 15) is 13.2 Å². The zero-order valence-corrected chi connectivity index (χ0v) is 21.8. The molecular formula is C25H28N8O3S. The number of rotatable bonds is 9. The Bertz CT molecular complexity index is 1630. The van der Waals surface area contributed by atoms with Gasteiger partial charge in [-0.1, -0.05) is 13.8 Å². The lowest BCUT2D eigenvalue weighted by Crippen LogP contribution is -2.26. The summed E-state index contributed by atoms with van der Waals surface area (Å²) in [6, 6.07) is 3.14. The first-order chi connectivity index (χ1) is 17.9. The van der Waals surface area contributed by atoms with Gasteiger partial charge < -0.3 is 5.32 Å². The minimum absolute atomic E-state index is 0.00653. The van der Waals surface area contributed by atoms with Gasteiger partial charge in [-0.3, -0.25) is 14.3 Å².